The maximum absolute atomic E-state index is 6.06. The van der Waals surface area contributed by atoms with Crippen LogP contribution in [0.4, 0.5) is 0 Å². The molecular formula is C16H25ClN4. The van der Waals surface area contributed by atoms with Gasteiger partial charge in [-0.2, -0.15) is 0 Å². The van der Waals surface area contributed by atoms with E-state index in [0.717, 1.165) is 35.8 Å². The fourth-order valence-electron chi connectivity index (χ4n) is 2.81. The molecule has 0 saturated carbocycles. The first-order valence-corrected chi connectivity index (χ1v) is 8.12. The highest BCUT2D eigenvalue weighted by Crippen LogP contribution is 2.17. The smallest absolute Gasteiger partial charge is 0.160 e. The molecule has 2 rings (SSSR count). The zero-order valence-corrected chi connectivity index (χ0v) is 14.4. The molecule has 0 aliphatic rings. The lowest BCUT2D eigenvalue weighted by Crippen LogP contribution is -2.39. The van der Waals surface area contributed by atoms with E-state index >= 15 is 0 Å². The molecule has 0 unspecified atom stereocenters. The minimum absolute atomic E-state index is 0.415. The Morgan fingerprint density at radius 3 is 2.38 bits per heavy atom. The van der Waals surface area contributed by atoms with Gasteiger partial charge < -0.3 is 4.57 Å². The highest BCUT2D eigenvalue weighted by atomic mass is 35.5. The number of hydrogen-bond acceptors (Lipinski definition) is 3. The Morgan fingerprint density at radius 2 is 1.81 bits per heavy atom. The van der Waals surface area contributed by atoms with Crippen molar-refractivity contribution >= 4 is 22.8 Å². The van der Waals surface area contributed by atoms with Gasteiger partial charge in [-0.05, 0) is 46.8 Å². The topological polar surface area (TPSA) is 34.0 Å². The van der Waals surface area contributed by atoms with E-state index in [1.807, 2.05) is 19.1 Å². The van der Waals surface area contributed by atoms with E-state index in [-0.39, 0.29) is 0 Å². The van der Waals surface area contributed by atoms with Crippen molar-refractivity contribution in [3.05, 3.63) is 23.7 Å². The number of hydrogen-bond donors (Lipinski definition) is 0. The summed E-state index contributed by atoms with van der Waals surface area (Å²) >= 11 is 6.06. The van der Waals surface area contributed by atoms with Gasteiger partial charge in [0.15, 0.2) is 5.65 Å². The maximum Gasteiger partial charge on any atom is 0.160 e. The van der Waals surface area contributed by atoms with Crippen LogP contribution in [-0.2, 0) is 12.4 Å². The number of aryl methyl sites for hydroxylation is 1. The quantitative estimate of drug-likeness (QED) is 0.765. The van der Waals surface area contributed by atoms with E-state index in [0.29, 0.717) is 18.0 Å². The lowest BCUT2D eigenvalue weighted by molar-refractivity contribution is 0.168. The number of nitrogens with zero attached hydrogens (tertiary/aromatic N) is 4. The third kappa shape index (κ3) is 3.55. The third-order valence-electron chi connectivity index (χ3n) is 3.84. The molecule has 4 nitrogen and oxygen atoms in total. The fraction of sp³-hybridized carbons (Fsp3) is 0.625. The van der Waals surface area contributed by atoms with Crippen molar-refractivity contribution in [3.8, 4) is 0 Å². The standard InChI is InChI=1S/C16H25ClN4/c1-11(2)20(12(3)4)8-9-21-15(10-17)19-14-7-6-13(5)18-16(14)21/h6-7,11-12H,8-10H2,1-5H3. The molecule has 0 spiro atoms. The van der Waals surface area contributed by atoms with Gasteiger partial charge in [-0.3, -0.25) is 4.90 Å². The summed E-state index contributed by atoms with van der Waals surface area (Å²) < 4.78 is 2.16. The van der Waals surface area contributed by atoms with Gasteiger partial charge in [-0.25, -0.2) is 9.97 Å². The maximum atomic E-state index is 6.06. The van der Waals surface area contributed by atoms with E-state index < -0.39 is 0 Å². The molecule has 0 fully saturated rings. The van der Waals surface area contributed by atoms with Crippen LogP contribution in [0.3, 0.4) is 0 Å². The second kappa shape index (κ2) is 6.75. The van der Waals surface area contributed by atoms with Crippen molar-refractivity contribution in [2.45, 2.75) is 59.1 Å². The van der Waals surface area contributed by atoms with Crippen molar-refractivity contribution in [2.24, 2.45) is 0 Å². The molecule has 2 aromatic rings. The molecule has 0 saturated heterocycles. The summed E-state index contributed by atoms with van der Waals surface area (Å²) in [5, 5.41) is 0. The normalized spacial score (nSPS) is 12.2. The summed E-state index contributed by atoms with van der Waals surface area (Å²) in [6.07, 6.45) is 0. The van der Waals surface area contributed by atoms with Crippen molar-refractivity contribution in [2.75, 3.05) is 6.54 Å². The number of rotatable bonds is 6. The molecule has 0 aliphatic carbocycles. The van der Waals surface area contributed by atoms with Crippen LogP contribution >= 0.6 is 11.6 Å². The Hall–Kier alpha value is -1.13. The molecule has 2 aromatic heterocycles. The Balaban J connectivity index is 2.30. The summed E-state index contributed by atoms with van der Waals surface area (Å²) in [7, 11) is 0. The largest absolute Gasteiger partial charge is 0.310 e. The number of imidazole rings is 1. The van der Waals surface area contributed by atoms with Crippen molar-refractivity contribution in [1.29, 1.82) is 0 Å². The lowest BCUT2D eigenvalue weighted by atomic mass is 10.2. The van der Waals surface area contributed by atoms with Crippen LogP contribution in [0.5, 0.6) is 0 Å². The summed E-state index contributed by atoms with van der Waals surface area (Å²) in [6.45, 7) is 12.8. The molecule has 0 atom stereocenters. The SMILES string of the molecule is Cc1ccc2nc(CCl)n(CCN(C(C)C)C(C)C)c2n1. The van der Waals surface area contributed by atoms with E-state index in [2.05, 4.69) is 47.1 Å². The number of fused-ring (bicyclic) bond motifs is 1. The second-order valence-electron chi connectivity index (χ2n) is 6.03. The monoisotopic (exact) mass is 308 g/mol. The van der Waals surface area contributed by atoms with Gasteiger partial charge in [-0.1, -0.05) is 0 Å². The average molecular weight is 309 g/mol. The summed E-state index contributed by atoms with van der Waals surface area (Å²) in [4.78, 5) is 11.7. The van der Waals surface area contributed by atoms with E-state index in [1.165, 1.54) is 0 Å². The van der Waals surface area contributed by atoms with Gasteiger partial charge >= 0.3 is 0 Å². The number of halogens is 1. The Morgan fingerprint density at radius 1 is 1.14 bits per heavy atom. The van der Waals surface area contributed by atoms with Crippen LogP contribution in [-0.4, -0.2) is 38.1 Å². The molecule has 0 bridgehead atoms. The van der Waals surface area contributed by atoms with Crippen LogP contribution in [0.15, 0.2) is 12.1 Å². The van der Waals surface area contributed by atoms with Gasteiger partial charge in [0, 0.05) is 30.9 Å². The highest BCUT2D eigenvalue weighted by molar-refractivity contribution is 6.16. The number of pyridine rings is 1. The van der Waals surface area contributed by atoms with Crippen LogP contribution in [0.1, 0.15) is 39.2 Å². The van der Waals surface area contributed by atoms with Gasteiger partial charge in [-0.15, -0.1) is 11.6 Å². The number of aromatic nitrogens is 3. The zero-order valence-electron chi connectivity index (χ0n) is 13.6. The summed E-state index contributed by atoms with van der Waals surface area (Å²) in [5.74, 6) is 1.32. The molecule has 116 valence electrons. The Kier molecular flexibility index (Phi) is 5.22. The molecule has 0 aliphatic heterocycles. The zero-order chi connectivity index (χ0) is 15.6. The molecule has 5 heteroatoms. The molecule has 0 N–H and O–H groups in total. The fourth-order valence-corrected chi connectivity index (χ4v) is 3.01. The molecule has 2 heterocycles. The third-order valence-corrected chi connectivity index (χ3v) is 4.08. The van der Waals surface area contributed by atoms with Crippen LogP contribution in [0, 0.1) is 6.92 Å². The second-order valence-corrected chi connectivity index (χ2v) is 6.30. The minimum atomic E-state index is 0.415. The molecule has 0 aromatic carbocycles. The summed E-state index contributed by atoms with van der Waals surface area (Å²) in [6, 6.07) is 5.06. The minimum Gasteiger partial charge on any atom is -0.310 e. The van der Waals surface area contributed by atoms with Gasteiger partial charge in [0.1, 0.15) is 11.3 Å². The first kappa shape index (κ1) is 16.2. The highest BCUT2D eigenvalue weighted by Gasteiger charge is 2.16. The van der Waals surface area contributed by atoms with Crippen molar-refractivity contribution < 1.29 is 0 Å². The van der Waals surface area contributed by atoms with Gasteiger partial charge in [0.05, 0.1) is 5.88 Å². The van der Waals surface area contributed by atoms with E-state index in [9.17, 15) is 0 Å². The predicted molar refractivity (Wildman–Crippen MR) is 88.8 cm³/mol. The Labute approximate surface area is 132 Å². The van der Waals surface area contributed by atoms with Gasteiger partial charge in [0.2, 0.25) is 0 Å². The van der Waals surface area contributed by atoms with Gasteiger partial charge in [0.25, 0.3) is 0 Å². The number of alkyl halides is 1. The predicted octanol–water partition coefficient (Wildman–Crippen LogP) is 3.60. The molecule has 0 radical (unpaired) electrons. The van der Waals surface area contributed by atoms with E-state index in [1.54, 1.807) is 0 Å². The lowest BCUT2D eigenvalue weighted by Gasteiger charge is -2.30. The molecule has 21 heavy (non-hydrogen) atoms. The molecule has 0 amide bonds. The molecular weight excluding hydrogens is 284 g/mol. The van der Waals surface area contributed by atoms with E-state index in [4.69, 9.17) is 11.6 Å². The summed E-state index contributed by atoms with van der Waals surface area (Å²) in [5.41, 5.74) is 2.88. The van der Waals surface area contributed by atoms with Crippen LogP contribution < -0.4 is 0 Å². The van der Waals surface area contributed by atoms with Crippen LogP contribution in [0.25, 0.3) is 11.2 Å². The van der Waals surface area contributed by atoms with Crippen LogP contribution in [0.2, 0.25) is 0 Å². The van der Waals surface area contributed by atoms with Crippen molar-refractivity contribution in [1.82, 2.24) is 19.4 Å². The average Bonchev–Trinajstić information content (AvgIpc) is 2.75. The Bertz CT molecular complexity index is 596. The van der Waals surface area contributed by atoms with Crippen molar-refractivity contribution in [3.63, 3.8) is 0 Å². The first-order valence-electron chi connectivity index (χ1n) is 7.58. The first-order chi connectivity index (χ1) is 9.93.